The first-order chi connectivity index (χ1) is 7.69. The molecule has 0 aliphatic carbocycles. The van der Waals surface area contributed by atoms with Crippen molar-refractivity contribution in [2.75, 3.05) is 24.6 Å². The van der Waals surface area contributed by atoms with E-state index in [0.29, 0.717) is 10.7 Å². The first kappa shape index (κ1) is 10.4. The second-order valence-electron chi connectivity index (χ2n) is 4.55. The molecule has 16 heavy (non-hydrogen) atoms. The van der Waals surface area contributed by atoms with Crippen LogP contribution in [0.1, 0.15) is 12.8 Å². The van der Waals surface area contributed by atoms with E-state index in [0.717, 1.165) is 32.5 Å². The van der Waals surface area contributed by atoms with Crippen molar-refractivity contribution in [2.45, 2.75) is 18.4 Å². The molecule has 0 amide bonds. The Bertz CT molecular complexity index is 409. The molecule has 86 valence electrons. The predicted molar refractivity (Wildman–Crippen MR) is 61.5 cm³/mol. The molecular weight excluding hydrogens is 229 g/mol. The fraction of sp³-hybridized carbons (Fsp3) is 0.500. The molecule has 0 atom stereocenters. The zero-order chi connectivity index (χ0) is 11.2. The number of nitrogens with zero attached hydrogens (tertiary/aromatic N) is 1. The summed E-state index contributed by atoms with van der Waals surface area (Å²) in [7, 11) is 0. The van der Waals surface area contributed by atoms with Crippen molar-refractivity contribution in [2.24, 2.45) is 0 Å². The summed E-state index contributed by atoms with van der Waals surface area (Å²) < 4.78 is 19.1. The van der Waals surface area contributed by atoms with Crippen LogP contribution in [0.2, 0.25) is 5.02 Å². The molecule has 2 nitrogen and oxygen atoms in total. The molecule has 3 rings (SSSR count). The van der Waals surface area contributed by atoms with E-state index in [4.69, 9.17) is 16.3 Å². The molecule has 0 bridgehead atoms. The number of hydrogen-bond acceptors (Lipinski definition) is 2. The number of rotatable bonds is 1. The Labute approximate surface area is 99.0 Å². The third kappa shape index (κ3) is 1.78. The van der Waals surface area contributed by atoms with Gasteiger partial charge in [0.15, 0.2) is 0 Å². The van der Waals surface area contributed by atoms with Crippen molar-refractivity contribution in [1.82, 2.24) is 0 Å². The van der Waals surface area contributed by atoms with Crippen molar-refractivity contribution < 1.29 is 9.13 Å². The van der Waals surface area contributed by atoms with Crippen LogP contribution < -0.4 is 4.90 Å². The number of benzene rings is 1. The zero-order valence-corrected chi connectivity index (χ0v) is 9.63. The van der Waals surface area contributed by atoms with E-state index >= 15 is 0 Å². The van der Waals surface area contributed by atoms with Crippen LogP contribution in [0.5, 0.6) is 0 Å². The molecule has 2 heterocycles. The normalized spacial score (nSPS) is 22.5. The molecule has 2 fully saturated rings. The minimum absolute atomic E-state index is 0.138. The topological polar surface area (TPSA) is 15.8 Å². The van der Waals surface area contributed by atoms with Gasteiger partial charge in [-0.3, -0.25) is 0 Å². The van der Waals surface area contributed by atoms with E-state index in [9.17, 15) is 4.39 Å². The maximum atomic E-state index is 13.7. The summed E-state index contributed by atoms with van der Waals surface area (Å²) in [5.41, 5.74) is 0.791. The SMILES string of the molecule is Fc1cc(Cl)ccc1N1CCC2(CC1)CO2. The highest BCUT2D eigenvalue weighted by Crippen LogP contribution is 2.39. The van der Waals surface area contributed by atoms with Crippen LogP contribution in [0.15, 0.2) is 18.2 Å². The molecule has 1 aromatic rings. The first-order valence-electron chi connectivity index (χ1n) is 5.53. The predicted octanol–water partition coefficient (Wildman–Crippen LogP) is 2.85. The van der Waals surface area contributed by atoms with Gasteiger partial charge in [-0.15, -0.1) is 0 Å². The van der Waals surface area contributed by atoms with Gasteiger partial charge < -0.3 is 9.64 Å². The van der Waals surface area contributed by atoms with Crippen LogP contribution in [-0.2, 0) is 4.74 Å². The highest BCUT2D eigenvalue weighted by Gasteiger charge is 2.46. The van der Waals surface area contributed by atoms with Crippen LogP contribution in [-0.4, -0.2) is 25.3 Å². The van der Waals surface area contributed by atoms with E-state index in [1.807, 2.05) is 0 Å². The highest BCUT2D eigenvalue weighted by atomic mass is 35.5. The average Bonchev–Trinajstić information content (AvgIpc) is 3.00. The Hall–Kier alpha value is -0.800. The van der Waals surface area contributed by atoms with Crippen LogP contribution in [0.4, 0.5) is 10.1 Å². The standard InChI is InChI=1S/C12H13ClFNO/c13-9-1-2-11(10(14)7-9)15-5-3-12(4-6-15)8-16-12/h1-2,7H,3-6,8H2. The van der Waals surface area contributed by atoms with Crippen molar-refractivity contribution in [3.05, 3.63) is 29.0 Å². The largest absolute Gasteiger partial charge is 0.369 e. The number of hydrogen-bond donors (Lipinski definition) is 0. The van der Waals surface area contributed by atoms with Crippen LogP contribution >= 0.6 is 11.6 Å². The maximum Gasteiger partial charge on any atom is 0.147 e. The molecule has 0 aromatic heterocycles. The first-order valence-corrected chi connectivity index (χ1v) is 5.90. The maximum absolute atomic E-state index is 13.7. The molecule has 0 saturated carbocycles. The number of anilines is 1. The van der Waals surface area contributed by atoms with Crippen LogP contribution in [0.25, 0.3) is 0 Å². The van der Waals surface area contributed by atoms with Gasteiger partial charge in [-0.2, -0.15) is 0 Å². The van der Waals surface area contributed by atoms with Crippen LogP contribution in [0.3, 0.4) is 0 Å². The van der Waals surface area contributed by atoms with Crippen LogP contribution in [0, 0.1) is 5.82 Å². The van der Waals surface area contributed by atoms with Gasteiger partial charge in [0.2, 0.25) is 0 Å². The van der Waals surface area contributed by atoms with Gasteiger partial charge in [0, 0.05) is 18.1 Å². The summed E-state index contributed by atoms with van der Waals surface area (Å²) in [5.74, 6) is -0.236. The monoisotopic (exact) mass is 241 g/mol. The summed E-state index contributed by atoms with van der Waals surface area (Å²) in [4.78, 5) is 2.07. The quantitative estimate of drug-likeness (QED) is 0.703. The fourth-order valence-electron chi connectivity index (χ4n) is 2.28. The minimum Gasteiger partial charge on any atom is -0.369 e. The smallest absolute Gasteiger partial charge is 0.147 e. The molecule has 2 aliphatic rings. The minimum atomic E-state index is -0.236. The summed E-state index contributed by atoms with van der Waals surface area (Å²) in [5, 5.41) is 0.445. The molecule has 2 aliphatic heterocycles. The van der Waals surface area contributed by atoms with Gasteiger partial charge >= 0.3 is 0 Å². The molecule has 0 N–H and O–H groups in total. The average molecular weight is 242 g/mol. The molecule has 4 heteroatoms. The number of epoxide rings is 1. The lowest BCUT2D eigenvalue weighted by Gasteiger charge is -2.32. The summed E-state index contributed by atoms with van der Waals surface area (Å²) in [6.45, 7) is 2.60. The van der Waals surface area contributed by atoms with Gasteiger partial charge in [-0.25, -0.2) is 4.39 Å². The fourth-order valence-corrected chi connectivity index (χ4v) is 2.44. The van der Waals surface area contributed by atoms with Gasteiger partial charge in [0.05, 0.1) is 17.9 Å². The summed E-state index contributed by atoms with van der Waals surface area (Å²) in [6.07, 6.45) is 1.99. The number of halogens is 2. The lowest BCUT2D eigenvalue weighted by atomic mass is 9.97. The van der Waals surface area contributed by atoms with E-state index in [-0.39, 0.29) is 11.4 Å². The zero-order valence-electron chi connectivity index (χ0n) is 8.88. The third-order valence-electron chi connectivity index (χ3n) is 3.48. The molecule has 1 aromatic carbocycles. The third-order valence-corrected chi connectivity index (χ3v) is 3.71. The molecular formula is C12H13ClFNO. The van der Waals surface area contributed by atoms with Crippen molar-refractivity contribution in [3.8, 4) is 0 Å². The summed E-state index contributed by atoms with van der Waals surface area (Å²) >= 11 is 5.73. The molecule has 1 spiro atoms. The van der Waals surface area contributed by atoms with Gasteiger partial charge in [0.1, 0.15) is 5.82 Å². The Morgan fingerprint density at radius 1 is 1.31 bits per heavy atom. The van der Waals surface area contributed by atoms with Gasteiger partial charge in [-0.1, -0.05) is 11.6 Å². The summed E-state index contributed by atoms with van der Waals surface area (Å²) in [6, 6.07) is 4.86. The van der Waals surface area contributed by atoms with E-state index in [1.54, 1.807) is 12.1 Å². The van der Waals surface area contributed by atoms with E-state index in [2.05, 4.69) is 4.90 Å². The second-order valence-corrected chi connectivity index (χ2v) is 4.99. The lowest BCUT2D eigenvalue weighted by molar-refractivity contribution is 0.258. The molecule has 2 saturated heterocycles. The van der Waals surface area contributed by atoms with E-state index < -0.39 is 0 Å². The lowest BCUT2D eigenvalue weighted by Crippen LogP contribution is -2.38. The number of piperidine rings is 1. The van der Waals surface area contributed by atoms with E-state index in [1.165, 1.54) is 6.07 Å². The van der Waals surface area contributed by atoms with Gasteiger partial charge in [0.25, 0.3) is 0 Å². The number of ether oxygens (including phenoxy) is 1. The molecule has 0 unspecified atom stereocenters. The highest BCUT2D eigenvalue weighted by molar-refractivity contribution is 6.30. The van der Waals surface area contributed by atoms with Gasteiger partial charge in [-0.05, 0) is 31.0 Å². The molecule has 0 radical (unpaired) electrons. The van der Waals surface area contributed by atoms with Crippen molar-refractivity contribution in [1.29, 1.82) is 0 Å². The Morgan fingerprint density at radius 3 is 2.56 bits per heavy atom. The Morgan fingerprint density at radius 2 is 2.00 bits per heavy atom. The second kappa shape index (κ2) is 3.60. The van der Waals surface area contributed by atoms with Crippen molar-refractivity contribution >= 4 is 17.3 Å². The Balaban J connectivity index is 1.77. The van der Waals surface area contributed by atoms with Crippen molar-refractivity contribution in [3.63, 3.8) is 0 Å². The Kier molecular flexibility index (Phi) is 2.33.